The van der Waals surface area contributed by atoms with Crippen LogP contribution < -0.4 is 0 Å². The number of hydrogen-bond acceptors (Lipinski definition) is 3. The second-order valence-electron chi connectivity index (χ2n) is 5.74. The van der Waals surface area contributed by atoms with Gasteiger partial charge in [0, 0.05) is 18.9 Å². The number of sulfone groups is 1. The van der Waals surface area contributed by atoms with E-state index in [0.29, 0.717) is 0 Å². The fourth-order valence-corrected chi connectivity index (χ4v) is 7.10. The van der Waals surface area contributed by atoms with Gasteiger partial charge in [0.05, 0.1) is 5.25 Å². The summed E-state index contributed by atoms with van der Waals surface area (Å²) in [5.41, 5.74) is 0.720. The summed E-state index contributed by atoms with van der Waals surface area (Å²) < 4.78 is 30.6. The number of benzene rings is 1. The molecule has 0 aromatic heterocycles. The van der Waals surface area contributed by atoms with Crippen LogP contribution in [0.15, 0.2) is 30.3 Å². The third-order valence-electron chi connectivity index (χ3n) is 5.05. The fraction of sp³-hybridized carbons (Fsp3) is 0.600. The van der Waals surface area contributed by atoms with Crippen molar-refractivity contribution in [1.82, 2.24) is 0 Å². The molecule has 1 aromatic rings. The van der Waals surface area contributed by atoms with Gasteiger partial charge in [-0.15, -0.1) is 0 Å². The molecule has 0 aliphatic heterocycles. The Morgan fingerprint density at radius 2 is 1.85 bits per heavy atom. The van der Waals surface area contributed by atoms with E-state index in [2.05, 4.69) is 28.1 Å². The van der Waals surface area contributed by atoms with E-state index in [0.717, 1.165) is 24.8 Å². The maximum Gasteiger partial charge on any atom is 0.163 e. The van der Waals surface area contributed by atoms with Crippen LogP contribution in [0.25, 0.3) is 0 Å². The number of methoxy groups -OCH3 is 1. The van der Waals surface area contributed by atoms with Crippen LogP contribution in [0.5, 0.6) is 0 Å². The summed E-state index contributed by atoms with van der Waals surface area (Å²) in [5.74, 6) is 0.160. The van der Waals surface area contributed by atoms with Gasteiger partial charge in [0.25, 0.3) is 0 Å². The van der Waals surface area contributed by atoms with Gasteiger partial charge in [0.2, 0.25) is 0 Å². The van der Waals surface area contributed by atoms with E-state index < -0.39 is 15.4 Å². The van der Waals surface area contributed by atoms with Crippen molar-refractivity contribution < 1.29 is 13.2 Å². The lowest BCUT2D eigenvalue weighted by molar-refractivity contribution is -0.201. The smallest absolute Gasteiger partial charge is 0.163 e. The Morgan fingerprint density at radius 1 is 1.25 bits per heavy atom. The van der Waals surface area contributed by atoms with Gasteiger partial charge >= 0.3 is 0 Å². The van der Waals surface area contributed by atoms with Crippen LogP contribution in [0.4, 0.5) is 0 Å². The van der Waals surface area contributed by atoms with E-state index in [9.17, 15) is 8.42 Å². The Kier molecular flexibility index (Phi) is 3.72. The topological polar surface area (TPSA) is 43.4 Å². The minimum absolute atomic E-state index is 0.0479. The van der Waals surface area contributed by atoms with Crippen LogP contribution in [0.2, 0.25) is 0 Å². The molecule has 2 aliphatic carbocycles. The van der Waals surface area contributed by atoms with Crippen LogP contribution in [0.3, 0.4) is 0 Å². The lowest BCUT2D eigenvalue weighted by Gasteiger charge is -2.63. The summed E-state index contributed by atoms with van der Waals surface area (Å²) in [6.45, 7) is 0. The zero-order valence-electron chi connectivity index (χ0n) is 11.5. The molecule has 2 unspecified atom stereocenters. The standard InChI is InChI=1S/C15H19BrO3S/c1-19-15(11-6-3-2-4-7-11)12-8-5-9-13(15)14(12)20(17,18)10-16/h2-4,6-7,12-14H,5,8-10H2,1H3/t12-,13+,14?,15?. The average Bonchev–Trinajstić information content (AvgIpc) is 2.49. The number of halogens is 1. The fourth-order valence-electron chi connectivity index (χ4n) is 4.36. The summed E-state index contributed by atoms with van der Waals surface area (Å²) in [4.78, 5) is 0. The monoisotopic (exact) mass is 358 g/mol. The molecule has 20 heavy (non-hydrogen) atoms. The first-order valence-electron chi connectivity index (χ1n) is 6.96. The van der Waals surface area contributed by atoms with Crippen LogP contribution in [-0.2, 0) is 20.2 Å². The zero-order chi connectivity index (χ0) is 14.4. The SMILES string of the molecule is COC1(c2ccccc2)[C@@H]2CCC[C@H]1C2S(=O)(=O)CBr. The molecule has 2 fully saturated rings. The molecule has 4 atom stereocenters. The normalized spacial score (nSPS) is 36.4. The highest BCUT2D eigenvalue weighted by atomic mass is 79.9. The Morgan fingerprint density at radius 3 is 2.35 bits per heavy atom. The number of alkyl halides is 1. The summed E-state index contributed by atoms with van der Waals surface area (Å²) in [6, 6.07) is 10.1. The maximum atomic E-state index is 12.3. The van der Waals surface area contributed by atoms with Gasteiger partial charge in [-0.2, -0.15) is 0 Å². The molecule has 3 nitrogen and oxygen atoms in total. The highest BCUT2D eigenvalue weighted by molar-refractivity contribution is 9.10. The van der Waals surface area contributed by atoms with Crippen molar-refractivity contribution in [3.8, 4) is 0 Å². The minimum Gasteiger partial charge on any atom is -0.373 e. The van der Waals surface area contributed by atoms with Crippen molar-refractivity contribution in [2.24, 2.45) is 11.8 Å². The number of rotatable bonds is 4. The molecule has 0 spiro atoms. The van der Waals surface area contributed by atoms with Crippen molar-refractivity contribution in [2.75, 3.05) is 11.8 Å². The van der Waals surface area contributed by atoms with Gasteiger partial charge in [-0.25, -0.2) is 8.42 Å². The molecular weight excluding hydrogens is 340 g/mol. The van der Waals surface area contributed by atoms with Crippen LogP contribution >= 0.6 is 15.9 Å². The third-order valence-corrected chi connectivity index (χ3v) is 8.76. The zero-order valence-corrected chi connectivity index (χ0v) is 13.9. The molecule has 1 aromatic carbocycles. The molecule has 3 rings (SSSR count). The number of fused-ring (bicyclic) bond motifs is 2. The molecule has 2 saturated carbocycles. The largest absolute Gasteiger partial charge is 0.373 e. The summed E-state index contributed by atoms with van der Waals surface area (Å²) in [7, 11) is -1.36. The Balaban J connectivity index is 2.04. The van der Waals surface area contributed by atoms with E-state index in [-0.39, 0.29) is 21.7 Å². The van der Waals surface area contributed by atoms with E-state index >= 15 is 0 Å². The second-order valence-corrected chi connectivity index (χ2v) is 9.21. The average molecular weight is 359 g/mol. The van der Waals surface area contributed by atoms with Crippen molar-refractivity contribution in [3.05, 3.63) is 35.9 Å². The second kappa shape index (κ2) is 5.11. The Bertz CT molecular complexity index is 572. The lowest BCUT2D eigenvalue weighted by atomic mass is 9.51. The van der Waals surface area contributed by atoms with E-state index in [1.54, 1.807) is 7.11 Å². The van der Waals surface area contributed by atoms with Gasteiger partial charge in [-0.3, -0.25) is 0 Å². The van der Waals surface area contributed by atoms with Gasteiger partial charge in [0.15, 0.2) is 9.84 Å². The minimum atomic E-state index is -3.07. The molecule has 5 heteroatoms. The molecule has 2 bridgehead atoms. The number of hydrogen-bond donors (Lipinski definition) is 0. The third kappa shape index (κ3) is 1.82. The van der Waals surface area contributed by atoms with Crippen molar-refractivity contribution in [3.63, 3.8) is 0 Å². The Hall–Kier alpha value is -0.390. The van der Waals surface area contributed by atoms with Gasteiger partial charge in [-0.05, 0) is 18.4 Å². The maximum absolute atomic E-state index is 12.3. The molecule has 2 aliphatic rings. The summed E-state index contributed by atoms with van der Waals surface area (Å²) in [5, 5.41) is -0.254. The predicted molar refractivity (Wildman–Crippen MR) is 82.5 cm³/mol. The first kappa shape index (κ1) is 14.5. The summed E-state index contributed by atoms with van der Waals surface area (Å²) in [6.07, 6.45) is 2.95. The first-order valence-corrected chi connectivity index (χ1v) is 9.80. The highest BCUT2D eigenvalue weighted by Gasteiger charge is 2.68. The van der Waals surface area contributed by atoms with Gasteiger partial charge in [-0.1, -0.05) is 52.7 Å². The van der Waals surface area contributed by atoms with Crippen molar-refractivity contribution >= 4 is 25.8 Å². The first-order chi connectivity index (χ1) is 9.58. The van der Waals surface area contributed by atoms with Gasteiger partial charge < -0.3 is 4.74 Å². The highest BCUT2D eigenvalue weighted by Crippen LogP contribution is 2.63. The number of ether oxygens (including phenoxy) is 1. The molecule has 110 valence electrons. The van der Waals surface area contributed by atoms with E-state index in [4.69, 9.17) is 4.74 Å². The quantitative estimate of drug-likeness (QED) is 0.776. The molecule has 0 N–H and O–H groups in total. The Labute approximate surface area is 128 Å². The predicted octanol–water partition coefficient (Wildman–Crippen LogP) is 3.09. The molecule has 0 radical (unpaired) electrons. The van der Waals surface area contributed by atoms with Crippen molar-refractivity contribution in [1.29, 1.82) is 0 Å². The molecule has 0 amide bonds. The lowest BCUT2D eigenvalue weighted by Crippen LogP contribution is -2.68. The van der Waals surface area contributed by atoms with Crippen LogP contribution in [0, 0.1) is 11.8 Å². The molecular formula is C15H19BrO3S. The van der Waals surface area contributed by atoms with E-state index in [1.807, 2.05) is 18.2 Å². The van der Waals surface area contributed by atoms with Gasteiger partial charge in [0.1, 0.15) is 10.3 Å². The van der Waals surface area contributed by atoms with Crippen LogP contribution in [0.1, 0.15) is 24.8 Å². The molecule has 0 saturated heterocycles. The van der Waals surface area contributed by atoms with E-state index in [1.165, 1.54) is 0 Å². The molecule has 0 heterocycles. The van der Waals surface area contributed by atoms with Crippen molar-refractivity contribution in [2.45, 2.75) is 30.1 Å². The van der Waals surface area contributed by atoms with Crippen LogP contribution in [-0.4, -0.2) is 25.4 Å². The summed E-state index contributed by atoms with van der Waals surface area (Å²) >= 11 is 3.14.